The highest BCUT2D eigenvalue weighted by Crippen LogP contribution is 2.22. The van der Waals surface area contributed by atoms with Crippen molar-refractivity contribution in [3.63, 3.8) is 0 Å². The van der Waals surface area contributed by atoms with Gasteiger partial charge in [0, 0.05) is 29.8 Å². The molecule has 5 heteroatoms. The summed E-state index contributed by atoms with van der Waals surface area (Å²) in [5.74, 6) is 0. The Morgan fingerprint density at radius 1 is 0.885 bits per heavy atom. The Morgan fingerprint density at radius 3 is 2.46 bits per heavy atom. The Morgan fingerprint density at radius 2 is 1.73 bits per heavy atom. The fraction of sp³-hybridized carbons (Fsp3) is 0. The SMILES string of the molecule is O=c1c(Nc2cccnc2)cc(-c2ccccn2)cn1-c1ccccc1. The Labute approximate surface area is 150 Å². The van der Waals surface area contributed by atoms with Crippen LogP contribution in [0.3, 0.4) is 0 Å². The van der Waals surface area contributed by atoms with Crippen molar-refractivity contribution >= 4 is 11.4 Å². The van der Waals surface area contributed by atoms with Crippen LogP contribution in [0.1, 0.15) is 0 Å². The number of nitrogens with zero attached hydrogens (tertiary/aromatic N) is 3. The molecule has 4 aromatic rings. The van der Waals surface area contributed by atoms with Crippen LogP contribution in [-0.4, -0.2) is 14.5 Å². The molecule has 26 heavy (non-hydrogen) atoms. The van der Waals surface area contributed by atoms with Gasteiger partial charge in [0.1, 0.15) is 5.69 Å². The van der Waals surface area contributed by atoms with Crippen molar-refractivity contribution in [3.05, 3.63) is 102 Å². The molecule has 0 bridgehead atoms. The van der Waals surface area contributed by atoms with E-state index >= 15 is 0 Å². The molecular weight excluding hydrogens is 324 g/mol. The molecule has 0 spiro atoms. The number of benzene rings is 1. The van der Waals surface area contributed by atoms with Crippen molar-refractivity contribution in [1.29, 1.82) is 0 Å². The van der Waals surface area contributed by atoms with Gasteiger partial charge in [-0.05, 0) is 42.5 Å². The Balaban J connectivity index is 1.89. The average Bonchev–Trinajstić information content (AvgIpc) is 2.71. The van der Waals surface area contributed by atoms with Crippen molar-refractivity contribution in [3.8, 4) is 16.9 Å². The summed E-state index contributed by atoms with van der Waals surface area (Å²) >= 11 is 0. The smallest absolute Gasteiger partial charge is 0.278 e. The minimum absolute atomic E-state index is 0.139. The summed E-state index contributed by atoms with van der Waals surface area (Å²) in [6, 6.07) is 20.8. The molecule has 0 aliphatic rings. The topological polar surface area (TPSA) is 59.8 Å². The number of aromatic nitrogens is 3. The number of para-hydroxylation sites is 1. The van der Waals surface area contributed by atoms with E-state index in [1.54, 1.807) is 23.2 Å². The standard InChI is InChI=1S/C21H16N4O/c26-21-20(24-17-7-6-11-22-14-17)13-16(19-10-4-5-12-23-19)15-25(21)18-8-2-1-3-9-18/h1-15,24H. The summed E-state index contributed by atoms with van der Waals surface area (Å²) in [7, 11) is 0. The third-order valence-corrected chi connectivity index (χ3v) is 3.95. The van der Waals surface area contributed by atoms with E-state index in [1.165, 1.54) is 0 Å². The van der Waals surface area contributed by atoms with Gasteiger partial charge in [-0.2, -0.15) is 0 Å². The number of anilines is 2. The molecule has 0 aliphatic heterocycles. The summed E-state index contributed by atoms with van der Waals surface area (Å²) in [4.78, 5) is 21.5. The molecule has 4 rings (SSSR count). The molecule has 0 amide bonds. The molecule has 0 saturated carbocycles. The highest BCUT2D eigenvalue weighted by atomic mass is 16.1. The highest BCUT2D eigenvalue weighted by Gasteiger charge is 2.11. The van der Waals surface area contributed by atoms with Crippen LogP contribution in [-0.2, 0) is 0 Å². The van der Waals surface area contributed by atoms with Crippen molar-refractivity contribution in [2.24, 2.45) is 0 Å². The van der Waals surface area contributed by atoms with E-state index in [0.29, 0.717) is 5.69 Å². The number of pyridine rings is 3. The summed E-state index contributed by atoms with van der Waals surface area (Å²) in [6.45, 7) is 0. The van der Waals surface area contributed by atoms with Gasteiger partial charge in [-0.3, -0.25) is 19.3 Å². The van der Waals surface area contributed by atoms with Gasteiger partial charge < -0.3 is 5.32 Å². The third-order valence-electron chi connectivity index (χ3n) is 3.95. The zero-order valence-electron chi connectivity index (χ0n) is 13.9. The lowest BCUT2D eigenvalue weighted by Crippen LogP contribution is -2.21. The molecule has 0 atom stereocenters. The second-order valence-electron chi connectivity index (χ2n) is 5.73. The van der Waals surface area contributed by atoms with Gasteiger partial charge in [0.25, 0.3) is 5.56 Å². The van der Waals surface area contributed by atoms with E-state index in [4.69, 9.17) is 0 Å². The molecule has 0 saturated heterocycles. The fourth-order valence-electron chi connectivity index (χ4n) is 2.72. The first kappa shape index (κ1) is 15.8. The predicted octanol–water partition coefficient (Wildman–Crippen LogP) is 4.04. The monoisotopic (exact) mass is 340 g/mol. The second-order valence-corrected chi connectivity index (χ2v) is 5.73. The van der Waals surface area contributed by atoms with Gasteiger partial charge >= 0.3 is 0 Å². The lowest BCUT2D eigenvalue weighted by Gasteiger charge is -2.13. The molecule has 0 fully saturated rings. The van der Waals surface area contributed by atoms with Gasteiger partial charge in [-0.15, -0.1) is 0 Å². The van der Waals surface area contributed by atoms with Crippen LogP contribution in [0.2, 0.25) is 0 Å². The van der Waals surface area contributed by atoms with E-state index in [2.05, 4.69) is 15.3 Å². The number of nitrogens with one attached hydrogen (secondary N) is 1. The summed E-state index contributed by atoms with van der Waals surface area (Å²) in [5.41, 5.74) is 3.52. The van der Waals surface area contributed by atoms with Crippen LogP contribution in [0, 0.1) is 0 Å². The van der Waals surface area contributed by atoms with E-state index in [1.807, 2.05) is 72.9 Å². The lowest BCUT2D eigenvalue weighted by molar-refractivity contribution is 0.993. The van der Waals surface area contributed by atoms with Crippen LogP contribution in [0.5, 0.6) is 0 Å². The normalized spacial score (nSPS) is 10.5. The molecule has 1 aromatic carbocycles. The first-order valence-corrected chi connectivity index (χ1v) is 8.22. The molecule has 0 unspecified atom stereocenters. The van der Waals surface area contributed by atoms with Gasteiger partial charge in [-0.25, -0.2) is 0 Å². The number of hydrogen-bond acceptors (Lipinski definition) is 4. The van der Waals surface area contributed by atoms with Crippen LogP contribution in [0.4, 0.5) is 11.4 Å². The molecular formula is C21H16N4O. The minimum Gasteiger partial charge on any atom is -0.350 e. The maximum Gasteiger partial charge on any atom is 0.278 e. The van der Waals surface area contributed by atoms with E-state index in [-0.39, 0.29) is 5.56 Å². The summed E-state index contributed by atoms with van der Waals surface area (Å²) < 4.78 is 1.63. The molecule has 0 aliphatic carbocycles. The minimum atomic E-state index is -0.139. The molecule has 3 aromatic heterocycles. The quantitative estimate of drug-likeness (QED) is 0.609. The first-order valence-electron chi connectivity index (χ1n) is 8.22. The number of rotatable bonds is 4. The highest BCUT2D eigenvalue weighted by molar-refractivity contribution is 5.68. The van der Waals surface area contributed by atoms with Crippen molar-refractivity contribution < 1.29 is 0 Å². The Bertz CT molecular complexity index is 1060. The van der Waals surface area contributed by atoms with Gasteiger partial charge in [0.15, 0.2) is 0 Å². The zero-order valence-corrected chi connectivity index (χ0v) is 13.9. The van der Waals surface area contributed by atoms with Gasteiger partial charge in [0.2, 0.25) is 0 Å². The Hall–Kier alpha value is -3.73. The van der Waals surface area contributed by atoms with Crippen molar-refractivity contribution in [2.75, 3.05) is 5.32 Å². The van der Waals surface area contributed by atoms with Crippen LogP contribution in [0.25, 0.3) is 16.9 Å². The largest absolute Gasteiger partial charge is 0.350 e. The molecule has 3 heterocycles. The molecule has 5 nitrogen and oxygen atoms in total. The maximum absolute atomic E-state index is 13.0. The predicted molar refractivity (Wildman–Crippen MR) is 103 cm³/mol. The van der Waals surface area contributed by atoms with Gasteiger partial charge in [-0.1, -0.05) is 24.3 Å². The third kappa shape index (κ3) is 3.23. The fourth-order valence-corrected chi connectivity index (χ4v) is 2.72. The first-order chi connectivity index (χ1) is 12.8. The van der Waals surface area contributed by atoms with Gasteiger partial charge in [0.05, 0.1) is 17.6 Å². The van der Waals surface area contributed by atoms with E-state index < -0.39 is 0 Å². The van der Waals surface area contributed by atoms with Crippen LogP contribution in [0.15, 0.2) is 96.3 Å². The molecule has 126 valence electrons. The van der Waals surface area contributed by atoms with E-state index in [9.17, 15) is 4.79 Å². The molecule has 1 N–H and O–H groups in total. The summed E-state index contributed by atoms with van der Waals surface area (Å²) in [6.07, 6.45) is 6.92. The van der Waals surface area contributed by atoms with E-state index in [0.717, 1.165) is 22.6 Å². The van der Waals surface area contributed by atoms with Crippen LogP contribution < -0.4 is 10.9 Å². The second kappa shape index (κ2) is 7.03. The molecule has 0 radical (unpaired) electrons. The average molecular weight is 340 g/mol. The number of hydrogen-bond donors (Lipinski definition) is 1. The summed E-state index contributed by atoms with van der Waals surface area (Å²) in [5, 5.41) is 3.17. The van der Waals surface area contributed by atoms with Crippen molar-refractivity contribution in [2.45, 2.75) is 0 Å². The lowest BCUT2D eigenvalue weighted by atomic mass is 10.1. The van der Waals surface area contributed by atoms with Crippen molar-refractivity contribution in [1.82, 2.24) is 14.5 Å². The zero-order chi connectivity index (χ0) is 17.8. The van der Waals surface area contributed by atoms with Crippen LogP contribution >= 0.6 is 0 Å². The maximum atomic E-state index is 13.0. The Kier molecular flexibility index (Phi) is 4.26.